The molecule has 0 saturated carbocycles. The number of benzene rings is 1. The quantitative estimate of drug-likeness (QED) is 0.542. The molecule has 0 aliphatic carbocycles. The summed E-state index contributed by atoms with van der Waals surface area (Å²) in [5, 5.41) is 3.30. The molecule has 3 amide bonds. The fraction of sp³-hybridized carbons (Fsp3) is 0.500. The van der Waals surface area contributed by atoms with Gasteiger partial charge >= 0.3 is 6.03 Å². The molecule has 11 heteroatoms. The minimum absolute atomic E-state index is 0.0151. The first-order valence-corrected chi connectivity index (χ1v) is 13.5. The van der Waals surface area contributed by atoms with Crippen LogP contribution in [0.4, 0.5) is 27.9 Å². The van der Waals surface area contributed by atoms with Crippen LogP contribution < -0.4 is 19.9 Å². The van der Waals surface area contributed by atoms with Crippen molar-refractivity contribution in [3.05, 3.63) is 42.6 Å². The highest BCUT2D eigenvalue weighted by Crippen LogP contribution is 2.35. The van der Waals surface area contributed by atoms with Gasteiger partial charge in [-0.2, -0.15) is 4.98 Å². The molecule has 11 nitrogen and oxygen atoms in total. The number of carbonyl (C=O) groups is 2. The van der Waals surface area contributed by atoms with Crippen LogP contribution in [0.1, 0.15) is 25.8 Å². The number of nitrogens with one attached hydrogen (secondary N) is 1. The van der Waals surface area contributed by atoms with Gasteiger partial charge in [0.2, 0.25) is 11.9 Å². The number of fused-ring (bicyclic) bond motifs is 1. The van der Waals surface area contributed by atoms with E-state index in [1.807, 2.05) is 30.9 Å². The molecule has 4 heterocycles. The van der Waals surface area contributed by atoms with Crippen LogP contribution in [0.2, 0.25) is 0 Å². The van der Waals surface area contributed by atoms with Crippen molar-refractivity contribution in [1.29, 1.82) is 0 Å². The number of urea groups is 1. The largest absolute Gasteiger partial charge is 0.494 e. The van der Waals surface area contributed by atoms with Gasteiger partial charge in [0, 0.05) is 68.8 Å². The third-order valence-corrected chi connectivity index (χ3v) is 7.80. The number of amides is 3. The summed E-state index contributed by atoms with van der Waals surface area (Å²) in [5.41, 5.74) is 2.73. The van der Waals surface area contributed by atoms with Crippen LogP contribution in [0.3, 0.4) is 0 Å². The highest BCUT2D eigenvalue weighted by atomic mass is 16.5. The Kier molecular flexibility index (Phi) is 7.60. The Morgan fingerprint density at radius 1 is 1.21 bits per heavy atom. The van der Waals surface area contributed by atoms with E-state index in [-0.39, 0.29) is 24.0 Å². The third kappa shape index (κ3) is 5.36. The lowest BCUT2D eigenvalue weighted by atomic mass is 10.1. The highest BCUT2D eigenvalue weighted by molar-refractivity contribution is 5.95. The van der Waals surface area contributed by atoms with Crippen LogP contribution in [0, 0.1) is 0 Å². The van der Waals surface area contributed by atoms with E-state index in [1.54, 1.807) is 23.1 Å². The van der Waals surface area contributed by atoms with Crippen molar-refractivity contribution in [3.8, 4) is 5.75 Å². The molecule has 0 radical (unpaired) electrons. The van der Waals surface area contributed by atoms with Crippen LogP contribution >= 0.6 is 0 Å². The second-order valence-electron chi connectivity index (χ2n) is 10.6. The van der Waals surface area contributed by atoms with Crippen LogP contribution in [0.5, 0.6) is 5.75 Å². The Hall–Kier alpha value is -3.86. The standard InChI is InChI=1S/C28H38N8O3/c1-6-25(37)34-10-9-22(18-34)36-26-20(17-35(19(2)3)28(36)38)16-29-27(31-26)30-23-8-7-21(15-24(23)39-5)33-13-11-32(4)12-14-33/h6-8,15-16,19,22H,1,9-14,17-18H2,2-5H3,(H,29,30,31)/t22-/m0/s1. The zero-order valence-corrected chi connectivity index (χ0v) is 23.3. The summed E-state index contributed by atoms with van der Waals surface area (Å²) >= 11 is 0. The molecule has 1 N–H and O–H groups in total. The molecule has 5 rings (SSSR count). The molecule has 1 aromatic carbocycles. The number of anilines is 4. The maximum Gasteiger partial charge on any atom is 0.326 e. The van der Waals surface area contributed by atoms with Crippen molar-refractivity contribution in [2.45, 2.75) is 38.9 Å². The Balaban J connectivity index is 1.42. The van der Waals surface area contributed by atoms with Gasteiger partial charge in [0.1, 0.15) is 11.6 Å². The van der Waals surface area contributed by atoms with Crippen molar-refractivity contribution in [2.75, 3.05) is 68.5 Å². The molecule has 0 bridgehead atoms. The predicted octanol–water partition coefficient (Wildman–Crippen LogP) is 2.92. The smallest absolute Gasteiger partial charge is 0.326 e. The molecular formula is C28H38N8O3. The van der Waals surface area contributed by atoms with E-state index in [2.05, 4.69) is 39.8 Å². The lowest BCUT2D eigenvalue weighted by molar-refractivity contribution is -0.125. The van der Waals surface area contributed by atoms with Gasteiger partial charge < -0.3 is 29.7 Å². The Bertz CT molecular complexity index is 1240. The topological polar surface area (TPSA) is 97.4 Å². The summed E-state index contributed by atoms with van der Waals surface area (Å²) in [6.07, 6.45) is 3.78. The van der Waals surface area contributed by atoms with Crippen LogP contribution in [-0.4, -0.2) is 102 Å². The fourth-order valence-corrected chi connectivity index (χ4v) is 5.44. The minimum atomic E-state index is -0.179. The number of likely N-dealkylation sites (tertiary alicyclic amines) is 1. The van der Waals surface area contributed by atoms with E-state index in [4.69, 9.17) is 9.72 Å². The van der Waals surface area contributed by atoms with Crippen LogP contribution in [0.15, 0.2) is 37.1 Å². The summed E-state index contributed by atoms with van der Waals surface area (Å²) in [4.78, 5) is 45.3. The highest BCUT2D eigenvalue weighted by Gasteiger charge is 2.41. The Morgan fingerprint density at radius 3 is 2.67 bits per heavy atom. The number of aromatic nitrogens is 2. The maximum absolute atomic E-state index is 13.7. The average molecular weight is 535 g/mol. The summed E-state index contributed by atoms with van der Waals surface area (Å²) in [6, 6.07) is 5.83. The molecule has 2 saturated heterocycles. The number of methoxy groups -OCH3 is 1. The number of nitrogens with zero attached hydrogens (tertiary/aromatic N) is 7. The molecule has 3 aliphatic heterocycles. The van der Waals surface area contributed by atoms with Crippen LogP contribution in [0.25, 0.3) is 0 Å². The van der Waals surface area contributed by atoms with Gasteiger partial charge in [0.05, 0.1) is 25.4 Å². The van der Waals surface area contributed by atoms with E-state index < -0.39 is 0 Å². The molecule has 0 unspecified atom stereocenters. The Labute approximate surface area is 230 Å². The summed E-state index contributed by atoms with van der Waals surface area (Å²) in [7, 11) is 3.79. The Morgan fingerprint density at radius 2 is 1.97 bits per heavy atom. The minimum Gasteiger partial charge on any atom is -0.494 e. The van der Waals surface area contributed by atoms with E-state index >= 15 is 0 Å². The molecule has 39 heavy (non-hydrogen) atoms. The third-order valence-electron chi connectivity index (χ3n) is 7.80. The van der Waals surface area contributed by atoms with Crippen molar-refractivity contribution in [3.63, 3.8) is 0 Å². The lowest BCUT2D eigenvalue weighted by Crippen LogP contribution is -2.55. The van der Waals surface area contributed by atoms with Crippen molar-refractivity contribution >= 4 is 35.1 Å². The van der Waals surface area contributed by atoms with Crippen molar-refractivity contribution in [1.82, 2.24) is 24.7 Å². The zero-order chi connectivity index (χ0) is 27.7. The average Bonchev–Trinajstić information content (AvgIpc) is 3.42. The zero-order valence-electron chi connectivity index (χ0n) is 23.3. The first-order valence-electron chi connectivity index (χ1n) is 13.5. The molecule has 208 valence electrons. The van der Waals surface area contributed by atoms with Gasteiger partial charge in [0.15, 0.2) is 0 Å². The number of piperazine rings is 1. The summed E-state index contributed by atoms with van der Waals surface area (Å²) < 4.78 is 5.72. The van der Waals surface area contributed by atoms with Crippen LogP contribution in [-0.2, 0) is 11.3 Å². The number of ether oxygens (including phenoxy) is 1. The maximum atomic E-state index is 13.7. The van der Waals surface area contributed by atoms with Gasteiger partial charge in [-0.05, 0) is 45.5 Å². The number of carbonyl (C=O) groups excluding carboxylic acids is 2. The normalized spacial score (nSPS) is 19.9. The number of hydrogen-bond donors (Lipinski definition) is 1. The number of rotatable bonds is 7. The molecule has 1 atom stereocenters. The van der Waals surface area contributed by atoms with E-state index in [0.29, 0.717) is 43.6 Å². The molecule has 2 aromatic rings. The van der Waals surface area contributed by atoms with E-state index in [9.17, 15) is 9.59 Å². The first-order chi connectivity index (χ1) is 18.8. The van der Waals surface area contributed by atoms with Gasteiger partial charge in [-0.15, -0.1) is 0 Å². The van der Waals surface area contributed by atoms with Crippen molar-refractivity contribution < 1.29 is 14.3 Å². The fourth-order valence-electron chi connectivity index (χ4n) is 5.44. The monoisotopic (exact) mass is 534 g/mol. The summed E-state index contributed by atoms with van der Waals surface area (Å²) in [5.74, 6) is 1.54. The molecular weight excluding hydrogens is 496 g/mol. The van der Waals surface area contributed by atoms with Gasteiger partial charge in [0.25, 0.3) is 0 Å². The second kappa shape index (κ2) is 11.1. The van der Waals surface area contributed by atoms with Gasteiger partial charge in [-0.25, -0.2) is 9.78 Å². The molecule has 3 aliphatic rings. The molecule has 2 fully saturated rings. The number of likely N-dealkylation sites (N-methyl/N-ethyl adjacent to an activating group) is 1. The van der Waals surface area contributed by atoms with E-state index in [0.717, 1.165) is 43.1 Å². The second-order valence-corrected chi connectivity index (χ2v) is 10.6. The first kappa shape index (κ1) is 26.7. The molecule has 1 aromatic heterocycles. The van der Waals surface area contributed by atoms with E-state index in [1.165, 1.54) is 6.08 Å². The number of hydrogen-bond acceptors (Lipinski definition) is 8. The molecule has 0 spiro atoms. The predicted molar refractivity (Wildman–Crippen MR) is 152 cm³/mol. The lowest BCUT2D eigenvalue weighted by Gasteiger charge is -2.40. The SMILES string of the molecule is C=CC(=O)N1CC[C@H](N2C(=O)N(C(C)C)Cc3cnc(Nc4ccc(N5CCN(C)CC5)cc4OC)nc32)C1. The summed E-state index contributed by atoms with van der Waals surface area (Å²) in [6.45, 7) is 13.0. The van der Waals surface area contributed by atoms with Crippen molar-refractivity contribution in [2.24, 2.45) is 0 Å². The van der Waals surface area contributed by atoms with Gasteiger partial charge in [-0.1, -0.05) is 6.58 Å². The van der Waals surface area contributed by atoms with Gasteiger partial charge in [-0.3, -0.25) is 9.69 Å².